The molecule has 1 aliphatic rings. The third kappa shape index (κ3) is 1.41. The fourth-order valence-electron chi connectivity index (χ4n) is 2.87. The topological polar surface area (TPSA) is 52.0 Å². The molecular weight excluding hydrogens is 220 g/mol. The number of nitrogen functional groups attached to an aromatic ring is 2. The van der Waals surface area contributed by atoms with E-state index in [9.17, 15) is 0 Å². The second-order valence-electron chi connectivity index (χ2n) is 6.70. The Hall–Kier alpha value is -1.18. The standard InChI is InChI=1S/C15H24N2.CH4/c1-13(2)9-7-11(16)12(17)8-10(9)14(3,4)15(13,5)6;/h7-8H,16-17H2,1-6H3;1H4/i7D,8D;. The molecule has 18 heavy (non-hydrogen) atoms. The first-order chi connectivity index (χ1) is 8.39. The van der Waals surface area contributed by atoms with E-state index in [0.29, 0.717) is 12.1 Å². The summed E-state index contributed by atoms with van der Waals surface area (Å²) in [7, 11) is 0. The molecule has 4 N–H and O–H groups in total. The minimum atomic E-state index is -0.222. The molecule has 0 unspecified atom stereocenters. The third-order valence-electron chi connectivity index (χ3n) is 5.43. The van der Waals surface area contributed by atoms with Crippen LogP contribution < -0.4 is 11.5 Å². The normalized spacial score (nSPS) is 23.7. The molecule has 0 aromatic heterocycles. The van der Waals surface area contributed by atoms with Crippen LogP contribution in [0.2, 0.25) is 0 Å². The molecule has 0 heterocycles. The predicted molar refractivity (Wildman–Crippen MR) is 81.8 cm³/mol. The lowest BCUT2D eigenvalue weighted by Gasteiger charge is -2.44. The van der Waals surface area contributed by atoms with Gasteiger partial charge in [-0.25, -0.2) is 0 Å². The summed E-state index contributed by atoms with van der Waals surface area (Å²) in [6.45, 7) is 12.9. The van der Waals surface area contributed by atoms with Gasteiger partial charge in [0.15, 0.2) is 0 Å². The number of rotatable bonds is 0. The number of fused-ring (bicyclic) bond motifs is 1. The molecule has 0 saturated carbocycles. The average molecular weight is 250 g/mol. The Morgan fingerprint density at radius 1 is 0.833 bits per heavy atom. The van der Waals surface area contributed by atoms with Crippen LogP contribution in [0.4, 0.5) is 11.4 Å². The third-order valence-corrected chi connectivity index (χ3v) is 5.43. The molecule has 0 fully saturated rings. The molecule has 0 atom stereocenters. The zero-order chi connectivity index (χ0) is 15.0. The van der Waals surface area contributed by atoms with Gasteiger partial charge in [-0.3, -0.25) is 0 Å². The molecular formula is C16H28N2. The fraction of sp³-hybridized carbons (Fsp3) is 0.625. The van der Waals surface area contributed by atoms with E-state index in [2.05, 4.69) is 41.5 Å². The van der Waals surface area contributed by atoms with E-state index >= 15 is 0 Å². The number of benzene rings is 1. The molecule has 1 aromatic rings. The van der Waals surface area contributed by atoms with Crippen molar-refractivity contribution in [1.29, 1.82) is 0 Å². The van der Waals surface area contributed by atoms with Crippen molar-refractivity contribution < 1.29 is 2.74 Å². The maximum absolute atomic E-state index is 8.33. The van der Waals surface area contributed by atoms with Crippen molar-refractivity contribution in [1.82, 2.24) is 0 Å². The number of nitrogens with two attached hydrogens (primary N) is 2. The molecule has 0 radical (unpaired) electrons. The lowest BCUT2D eigenvalue weighted by atomic mass is 9.59. The lowest BCUT2D eigenvalue weighted by Crippen LogP contribution is -2.42. The van der Waals surface area contributed by atoms with Crippen LogP contribution in [-0.4, -0.2) is 0 Å². The highest BCUT2D eigenvalue weighted by atomic mass is 14.7. The second kappa shape index (κ2) is 3.66. The number of hydrogen-bond acceptors (Lipinski definition) is 2. The van der Waals surface area contributed by atoms with Gasteiger partial charge in [0.25, 0.3) is 0 Å². The van der Waals surface area contributed by atoms with Crippen molar-refractivity contribution in [3.63, 3.8) is 0 Å². The number of hydrogen-bond donors (Lipinski definition) is 2. The summed E-state index contributed by atoms with van der Waals surface area (Å²) >= 11 is 0. The van der Waals surface area contributed by atoms with Gasteiger partial charge in [-0.15, -0.1) is 0 Å². The average Bonchev–Trinajstić information content (AvgIpc) is 2.39. The van der Waals surface area contributed by atoms with Crippen molar-refractivity contribution in [2.45, 2.75) is 59.8 Å². The Bertz CT molecular complexity index is 524. The van der Waals surface area contributed by atoms with Crippen LogP contribution in [0.1, 0.15) is 62.8 Å². The fourth-order valence-corrected chi connectivity index (χ4v) is 2.87. The Balaban J connectivity index is 0.00000200. The van der Waals surface area contributed by atoms with Gasteiger partial charge >= 0.3 is 0 Å². The Morgan fingerprint density at radius 2 is 1.11 bits per heavy atom. The molecule has 0 spiro atoms. The van der Waals surface area contributed by atoms with Crippen molar-refractivity contribution in [2.75, 3.05) is 11.5 Å². The highest BCUT2D eigenvalue weighted by Gasteiger charge is 2.56. The van der Waals surface area contributed by atoms with E-state index in [1.165, 1.54) is 0 Å². The maximum atomic E-state index is 8.33. The second-order valence-corrected chi connectivity index (χ2v) is 6.70. The van der Waals surface area contributed by atoms with Gasteiger partial charge in [-0.05, 0) is 39.5 Å². The highest BCUT2D eigenvalue weighted by molar-refractivity contribution is 5.69. The summed E-state index contributed by atoms with van der Waals surface area (Å²) in [5.41, 5.74) is 13.6. The summed E-state index contributed by atoms with van der Waals surface area (Å²) in [5, 5.41) is 0. The summed E-state index contributed by atoms with van der Waals surface area (Å²) in [4.78, 5) is 0. The van der Waals surface area contributed by atoms with E-state index < -0.39 is 0 Å². The van der Waals surface area contributed by atoms with E-state index in [1.54, 1.807) is 0 Å². The molecule has 2 rings (SSSR count). The molecule has 1 aromatic carbocycles. The Morgan fingerprint density at radius 3 is 1.39 bits per heavy atom. The summed E-state index contributed by atoms with van der Waals surface area (Å²) < 4.78 is 16.7. The lowest BCUT2D eigenvalue weighted by molar-refractivity contribution is 0.125. The molecule has 0 amide bonds. The minimum Gasteiger partial charge on any atom is -0.397 e. The van der Waals surface area contributed by atoms with E-state index in [1.807, 2.05) is 0 Å². The molecule has 1 aliphatic carbocycles. The van der Waals surface area contributed by atoms with E-state index in [-0.39, 0.29) is 35.0 Å². The molecule has 102 valence electrons. The van der Waals surface area contributed by atoms with Crippen LogP contribution in [-0.2, 0) is 10.8 Å². The van der Waals surface area contributed by atoms with Gasteiger partial charge in [0.1, 0.15) is 0 Å². The Labute approximate surface area is 115 Å². The highest BCUT2D eigenvalue weighted by Crippen LogP contribution is 2.62. The smallest absolute Gasteiger partial charge is 0.0649 e. The van der Waals surface area contributed by atoms with Crippen LogP contribution in [0.5, 0.6) is 0 Å². The van der Waals surface area contributed by atoms with Gasteiger partial charge in [-0.2, -0.15) is 0 Å². The van der Waals surface area contributed by atoms with Gasteiger partial charge in [0.05, 0.1) is 14.1 Å². The van der Waals surface area contributed by atoms with Crippen molar-refractivity contribution >= 4 is 11.4 Å². The summed E-state index contributed by atoms with van der Waals surface area (Å²) in [5.74, 6) is 0. The van der Waals surface area contributed by atoms with Crippen LogP contribution in [0.15, 0.2) is 12.1 Å². The SMILES string of the molecule is C.[2H]c1c(N)c(N)c([2H])c2c1C(C)(C)C(C)(C)C2(C)C. The molecule has 2 nitrogen and oxygen atoms in total. The molecule has 0 aliphatic heterocycles. The molecule has 0 bridgehead atoms. The van der Waals surface area contributed by atoms with Gasteiger partial charge in [0.2, 0.25) is 0 Å². The van der Waals surface area contributed by atoms with Crippen LogP contribution in [0, 0.1) is 5.41 Å². The van der Waals surface area contributed by atoms with E-state index in [0.717, 1.165) is 11.1 Å². The van der Waals surface area contributed by atoms with Crippen LogP contribution in [0.3, 0.4) is 0 Å². The van der Waals surface area contributed by atoms with Crippen molar-refractivity contribution in [3.05, 3.63) is 23.2 Å². The molecule has 0 saturated heterocycles. The van der Waals surface area contributed by atoms with Crippen molar-refractivity contribution in [2.24, 2.45) is 5.41 Å². The van der Waals surface area contributed by atoms with Crippen molar-refractivity contribution in [3.8, 4) is 0 Å². The van der Waals surface area contributed by atoms with Crippen LogP contribution in [0.25, 0.3) is 0 Å². The quantitative estimate of drug-likeness (QED) is 0.682. The first kappa shape index (κ1) is 11.9. The monoisotopic (exact) mass is 250 g/mol. The molecule has 2 heteroatoms. The predicted octanol–water partition coefficient (Wildman–Crippen LogP) is 4.08. The summed E-state index contributed by atoms with van der Waals surface area (Å²) in [6, 6.07) is 0.597. The van der Waals surface area contributed by atoms with Gasteiger partial charge in [0, 0.05) is 0 Å². The maximum Gasteiger partial charge on any atom is 0.0649 e. The Kier molecular flexibility index (Phi) is 2.42. The van der Waals surface area contributed by atoms with E-state index in [4.69, 9.17) is 14.2 Å². The zero-order valence-electron chi connectivity index (χ0n) is 13.7. The number of anilines is 2. The first-order valence-electron chi connectivity index (χ1n) is 7.08. The first-order valence-corrected chi connectivity index (χ1v) is 6.08. The van der Waals surface area contributed by atoms with Gasteiger partial charge in [-0.1, -0.05) is 49.0 Å². The van der Waals surface area contributed by atoms with Gasteiger partial charge < -0.3 is 11.5 Å². The van der Waals surface area contributed by atoms with Crippen LogP contribution >= 0.6 is 0 Å². The zero-order valence-corrected chi connectivity index (χ0v) is 11.7. The minimum absolute atomic E-state index is 0. The summed E-state index contributed by atoms with van der Waals surface area (Å²) in [6.07, 6.45) is 0. The largest absolute Gasteiger partial charge is 0.397 e.